The molecule has 1 aromatic heterocycles. The van der Waals surface area contributed by atoms with Crippen molar-refractivity contribution < 1.29 is 0 Å². The Kier molecular flexibility index (Phi) is 7.58. The second-order valence-electron chi connectivity index (χ2n) is 6.06. The number of aryl methyl sites for hydroxylation is 1. The molecule has 5 heteroatoms. The maximum atomic E-state index is 4.36. The van der Waals surface area contributed by atoms with Gasteiger partial charge in [0, 0.05) is 31.3 Å². The summed E-state index contributed by atoms with van der Waals surface area (Å²) in [6.45, 7) is 6.71. The predicted octanol–water partition coefficient (Wildman–Crippen LogP) is 3.66. The average Bonchev–Trinajstić information content (AvgIpc) is 2.71. The number of aromatic nitrogens is 3. The quantitative estimate of drug-likeness (QED) is 0.558. The number of hydrogen-bond donors (Lipinski definition) is 1. The van der Waals surface area contributed by atoms with E-state index in [9.17, 15) is 0 Å². The zero-order valence-corrected chi connectivity index (χ0v) is 14.4. The largest absolute Gasteiger partial charge is 0.313 e. The number of thioether (sulfide) groups is 1. The summed E-state index contributed by atoms with van der Waals surface area (Å²) in [6.07, 6.45) is 10.2. The lowest BCUT2D eigenvalue weighted by molar-refractivity contribution is 0.501. The molecule has 0 spiro atoms. The summed E-state index contributed by atoms with van der Waals surface area (Å²) in [7, 11) is 0. The molecule has 21 heavy (non-hydrogen) atoms. The number of nitrogens with one attached hydrogen (secondary N) is 1. The van der Waals surface area contributed by atoms with Crippen molar-refractivity contribution in [2.45, 2.75) is 83.0 Å². The van der Waals surface area contributed by atoms with Crippen LogP contribution in [0, 0.1) is 0 Å². The maximum Gasteiger partial charge on any atom is 0.191 e. The summed E-state index contributed by atoms with van der Waals surface area (Å²) in [6, 6.07) is 0.632. The van der Waals surface area contributed by atoms with E-state index < -0.39 is 0 Å². The molecule has 1 atom stereocenters. The van der Waals surface area contributed by atoms with Gasteiger partial charge in [-0.15, -0.1) is 10.2 Å². The fraction of sp³-hybridized carbons (Fsp3) is 0.875. The molecule has 0 saturated heterocycles. The first-order valence-electron chi connectivity index (χ1n) is 8.59. The SMILES string of the molecule is CCCCCC(C)NCCSc1nnc2n1CCCCC2. The van der Waals surface area contributed by atoms with Crippen LogP contribution in [-0.4, -0.2) is 33.1 Å². The van der Waals surface area contributed by atoms with E-state index in [1.54, 1.807) is 0 Å². The van der Waals surface area contributed by atoms with E-state index in [2.05, 4.69) is 33.9 Å². The topological polar surface area (TPSA) is 42.7 Å². The van der Waals surface area contributed by atoms with Gasteiger partial charge in [-0.25, -0.2) is 0 Å². The molecule has 1 unspecified atom stereocenters. The highest BCUT2D eigenvalue weighted by atomic mass is 32.2. The van der Waals surface area contributed by atoms with Gasteiger partial charge in [-0.1, -0.05) is 44.4 Å². The molecule has 0 bridgehead atoms. The lowest BCUT2D eigenvalue weighted by atomic mass is 10.1. The molecule has 0 fully saturated rings. The first kappa shape index (κ1) is 16.8. The minimum Gasteiger partial charge on any atom is -0.313 e. The predicted molar refractivity (Wildman–Crippen MR) is 89.9 cm³/mol. The Hall–Kier alpha value is -0.550. The zero-order chi connectivity index (χ0) is 14.9. The van der Waals surface area contributed by atoms with Gasteiger partial charge in [0.05, 0.1) is 0 Å². The summed E-state index contributed by atoms with van der Waals surface area (Å²) < 4.78 is 2.34. The third-order valence-electron chi connectivity index (χ3n) is 4.14. The summed E-state index contributed by atoms with van der Waals surface area (Å²) in [5.41, 5.74) is 0. The van der Waals surface area contributed by atoms with Gasteiger partial charge in [-0.05, 0) is 26.2 Å². The molecule has 1 N–H and O–H groups in total. The first-order valence-corrected chi connectivity index (χ1v) is 9.58. The van der Waals surface area contributed by atoms with Gasteiger partial charge >= 0.3 is 0 Å². The van der Waals surface area contributed by atoms with Gasteiger partial charge in [-0.2, -0.15) is 0 Å². The molecule has 0 radical (unpaired) electrons. The van der Waals surface area contributed by atoms with Crippen LogP contribution in [0.5, 0.6) is 0 Å². The fourth-order valence-electron chi connectivity index (χ4n) is 2.82. The van der Waals surface area contributed by atoms with E-state index in [-0.39, 0.29) is 0 Å². The number of hydrogen-bond acceptors (Lipinski definition) is 4. The average molecular weight is 311 g/mol. The number of unbranched alkanes of at least 4 members (excludes halogenated alkanes) is 2. The van der Waals surface area contributed by atoms with E-state index in [0.717, 1.165) is 30.4 Å². The molecule has 2 heterocycles. The second kappa shape index (κ2) is 9.46. The van der Waals surface area contributed by atoms with Crippen LogP contribution in [0.3, 0.4) is 0 Å². The van der Waals surface area contributed by atoms with Crippen molar-refractivity contribution in [3.05, 3.63) is 5.82 Å². The van der Waals surface area contributed by atoms with Crippen molar-refractivity contribution in [1.82, 2.24) is 20.1 Å². The van der Waals surface area contributed by atoms with Crippen LogP contribution >= 0.6 is 11.8 Å². The van der Waals surface area contributed by atoms with Crippen molar-refractivity contribution in [2.75, 3.05) is 12.3 Å². The van der Waals surface area contributed by atoms with Crippen LogP contribution in [0.15, 0.2) is 5.16 Å². The van der Waals surface area contributed by atoms with Crippen LogP contribution in [0.4, 0.5) is 0 Å². The summed E-state index contributed by atoms with van der Waals surface area (Å²) in [4.78, 5) is 0. The molecule has 2 rings (SSSR count). The third-order valence-corrected chi connectivity index (χ3v) is 5.11. The molecule has 120 valence electrons. The molecule has 0 amide bonds. The van der Waals surface area contributed by atoms with Gasteiger partial charge in [0.15, 0.2) is 5.16 Å². The van der Waals surface area contributed by atoms with Gasteiger partial charge in [0.1, 0.15) is 5.82 Å². The van der Waals surface area contributed by atoms with Crippen LogP contribution in [0.2, 0.25) is 0 Å². The highest BCUT2D eigenvalue weighted by Gasteiger charge is 2.14. The normalized spacial score (nSPS) is 16.5. The molecule has 0 saturated carbocycles. The van der Waals surface area contributed by atoms with Crippen molar-refractivity contribution in [3.8, 4) is 0 Å². The van der Waals surface area contributed by atoms with Gasteiger partial charge in [0.25, 0.3) is 0 Å². The van der Waals surface area contributed by atoms with E-state index in [4.69, 9.17) is 0 Å². The van der Waals surface area contributed by atoms with Crippen molar-refractivity contribution in [1.29, 1.82) is 0 Å². The van der Waals surface area contributed by atoms with E-state index in [1.807, 2.05) is 11.8 Å². The summed E-state index contributed by atoms with van der Waals surface area (Å²) in [5, 5.41) is 13.5. The monoisotopic (exact) mass is 310 g/mol. The Morgan fingerprint density at radius 2 is 2.14 bits per heavy atom. The third kappa shape index (κ3) is 5.62. The molecular formula is C16H30N4S. The molecular weight excluding hydrogens is 280 g/mol. The molecule has 1 aromatic rings. The zero-order valence-electron chi connectivity index (χ0n) is 13.6. The van der Waals surface area contributed by atoms with Gasteiger partial charge in [-0.3, -0.25) is 0 Å². The standard InChI is InChI=1S/C16H30N4S/c1-3-4-6-9-14(2)17-11-13-21-16-19-18-15-10-7-5-8-12-20(15)16/h14,17H,3-13H2,1-2H3. The van der Waals surface area contributed by atoms with Crippen molar-refractivity contribution in [3.63, 3.8) is 0 Å². The Labute approximate surface area is 133 Å². The van der Waals surface area contributed by atoms with Gasteiger partial charge < -0.3 is 9.88 Å². The maximum absolute atomic E-state index is 4.36. The molecule has 0 aromatic carbocycles. The Balaban J connectivity index is 1.66. The lowest BCUT2D eigenvalue weighted by Crippen LogP contribution is -2.28. The minimum atomic E-state index is 0.632. The van der Waals surface area contributed by atoms with Crippen LogP contribution in [0.1, 0.15) is 64.6 Å². The molecule has 0 aliphatic carbocycles. The lowest BCUT2D eigenvalue weighted by Gasteiger charge is -2.13. The Morgan fingerprint density at radius 3 is 3.00 bits per heavy atom. The highest BCUT2D eigenvalue weighted by molar-refractivity contribution is 7.99. The molecule has 4 nitrogen and oxygen atoms in total. The summed E-state index contributed by atoms with van der Waals surface area (Å²) >= 11 is 1.85. The number of nitrogens with zero attached hydrogens (tertiary/aromatic N) is 3. The molecule has 1 aliphatic heterocycles. The second-order valence-corrected chi connectivity index (χ2v) is 7.12. The Morgan fingerprint density at radius 1 is 1.24 bits per heavy atom. The van der Waals surface area contributed by atoms with Crippen molar-refractivity contribution >= 4 is 11.8 Å². The van der Waals surface area contributed by atoms with Gasteiger partial charge in [0.2, 0.25) is 0 Å². The van der Waals surface area contributed by atoms with Crippen LogP contribution in [-0.2, 0) is 13.0 Å². The van der Waals surface area contributed by atoms with Crippen LogP contribution < -0.4 is 5.32 Å². The molecule has 1 aliphatic rings. The van der Waals surface area contributed by atoms with Crippen molar-refractivity contribution in [2.24, 2.45) is 0 Å². The summed E-state index contributed by atoms with van der Waals surface area (Å²) in [5.74, 6) is 2.27. The Bertz CT molecular complexity index is 405. The highest BCUT2D eigenvalue weighted by Crippen LogP contribution is 2.21. The minimum absolute atomic E-state index is 0.632. The smallest absolute Gasteiger partial charge is 0.191 e. The first-order chi connectivity index (χ1) is 10.3. The fourth-order valence-corrected chi connectivity index (χ4v) is 3.67. The number of rotatable bonds is 9. The van der Waals surface area contributed by atoms with E-state index >= 15 is 0 Å². The van der Waals surface area contributed by atoms with E-state index in [0.29, 0.717) is 6.04 Å². The number of fused-ring (bicyclic) bond motifs is 1. The van der Waals surface area contributed by atoms with Crippen LogP contribution in [0.25, 0.3) is 0 Å². The van der Waals surface area contributed by atoms with E-state index in [1.165, 1.54) is 50.8 Å².